The van der Waals surface area contributed by atoms with Crippen molar-refractivity contribution in [3.05, 3.63) is 488 Å². The lowest BCUT2D eigenvalue weighted by Gasteiger charge is -2.22. The first-order valence-electron chi connectivity index (χ1n) is 51.2. The molecule has 3 aliphatic rings. The molecule has 21 aromatic carbocycles. The highest BCUT2D eigenvalue weighted by Gasteiger charge is 2.40. The van der Waals surface area contributed by atoms with Gasteiger partial charge in [0.2, 0.25) is 0 Å². The van der Waals surface area contributed by atoms with Crippen molar-refractivity contribution in [2.75, 3.05) is 0 Å². The second kappa shape index (κ2) is 30.7. The maximum absolute atomic E-state index is 5.50. The van der Waals surface area contributed by atoms with Crippen LogP contribution in [0.2, 0.25) is 0 Å². The average molecular weight is 1880 g/mol. The van der Waals surface area contributed by atoms with E-state index in [2.05, 4.69) is 524 Å². The summed E-state index contributed by atoms with van der Waals surface area (Å²) in [5, 5.41) is 14.5. The van der Waals surface area contributed by atoms with Gasteiger partial charge in [0.05, 0.1) is 66.2 Å². The van der Waals surface area contributed by atoms with Gasteiger partial charge in [-0.2, -0.15) is 0 Å². The van der Waals surface area contributed by atoms with Crippen molar-refractivity contribution in [1.29, 1.82) is 0 Å². The molecule has 147 heavy (non-hydrogen) atoms. The largest absolute Gasteiger partial charge is 0.309 e. The summed E-state index contributed by atoms with van der Waals surface area (Å²) in [5.74, 6) is 1.70. The van der Waals surface area contributed by atoms with Crippen molar-refractivity contribution >= 4 is 131 Å². The Balaban J connectivity index is 0.503. The third kappa shape index (κ3) is 12.1. The monoisotopic (exact) mass is 1880 g/mol. The van der Waals surface area contributed by atoms with Crippen molar-refractivity contribution < 1.29 is 0 Å². The van der Waals surface area contributed by atoms with Crippen LogP contribution < -0.4 is 0 Å². The number of hydrogen-bond donors (Lipinski definition) is 0. The summed E-state index contributed by atoms with van der Waals surface area (Å²) in [6.07, 6.45) is 0. The molecule has 0 unspecified atom stereocenters. The molecule has 3 aliphatic carbocycles. The summed E-state index contributed by atoms with van der Waals surface area (Å²) in [6.45, 7) is 14.2. The lowest BCUT2D eigenvalue weighted by molar-refractivity contribution is 0.660. The number of fused-ring (bicyclic) bond motifs is 27. The highest BCUT2D eigenvalue weighted by molar-refractivity contribution is 6.17. The fraction of sp³-hybridized carbons (Fsp3) is 0.0652. The van der Waals surface area contributed by atoms with Crippen LogP contribution in [-0.4, -0.2) is 42.4 Å². The van der Waals surface area contributed by atoms with E-state index in [4.69, 9.17) is 15.0 Å². The van der Waals surface area contributed by atoms with Gasteiger partial charge >= 0.3 is 0 Å². The van der Waals surface area contributed by atoms with Gasteiger partial charge in [0.15, 0.2) is 17.5 Å². The summed E-state index contributed by atoms with van der Waals surface area (Å²) >= 11 is 0. The predicted molar refractivity (Wildman–Crippen MR) is 611 cm³/mol. The summed E-state index contributed by atoms with van der Waals surface area (Å²) in [7, 11) is 0. The van der Waals surface area contributed by atoms with Crippen LogP contribution in [0, 0.1) is 0 Å². The third-order valence-corrected chi connectivity index (χ3v) is 33.3. The Labute approximate surface area is 848 Å². The van der Waals surface area contributed by atoms with Crippen LogP contribution in [-0.2, 0) is 16.2 Å². The molecular formula is C138H93N9. The van der Waals surface area contributed by atoms with E-state index < -0.39 is 0 Å². The van der Waals surface area contributed by atoms with Gasteiger partial charge in [-0.05, 0) is 300 Å². The van der Waals surface area contributed by atoms with Crippen LogP contribution in [0.4, 0.5) is 0 Å². The maximum Gasteiger partial charge on any atom is 0.164 e. The Hall–Kier alpha value is -18.6. The number of nitrogens with zero attached hydrogens (tertiary/aromatic N) is 9. The van der Waals surface area contributed by atoms with Crippen LogP contribution in [0.3, 0.4) is 0 Å². The van der Waals surface area contributed by atoms with Crippen LogP contribution in [0.15, 0.2) is 455 Å². The average Bonchev–Trinajstić information content (AvgIpc) is 1.56. The predicted octanol–water partition coefficient (Wildman–Crippen LogP) is 35.4. The van der Waals surface area contributed by atoms with E-state index in [-0.39, 0.29) is 16.2 Å². The van der Waals surface area contributed by atoms with Gasteiger partial charge in [-0.1, -0.05) is 296 Å². The molecule has 0 radical (unpaired) electrons. The molecule has 28 aromatic rings. The van der Waals surface area contributed by atoms with Crippen molar-refractivity contribution in [2.45, 2.75) is 57.8 Å². The van der Waals surface area contributed by atoms with E-state index in [0.29, 0.717) is 17.5 Å². The van der Waals surface area contributed by atoms with E-state index in [9.17, 15) is 0 Å². The molecule has 9 heteroatoms. The first-order valence-corrected chi connectivity index (χ1v) is 51.2. The zero-order valence-electron chi connectivity index (χ0n) is 81.8. The molecule has 31 rings (SSSR count). The molecule has 0 atom stereocenters. The second-order valence-corrected chi connectivity index (χ2v) is 42.2. The van der Waals surface area contributed by atoms with E-state index in [1.807, 2.05) is 0 Å². The molecule has 0 spiro atoms. The van der Waals surface area contributed by atoms with E-state index >= 15 is 0 Å². The van der Waals surface area contributed by atoms with Crippen LogP contribution >= 0.6 is 0 Å². The van der Waals surface area contributed by atoms with E-state index in [1.165, 1.54) is 164 Å². The highest BCUT2D eigenvalue weighted by atomic mass is 15.1. The summed E-state index contributed by atoms with van der Waals surface area (Å²) in [6, 6.07) is 170. The maximum atomic E-state index is 5.50. The normalized spacial score (nSPS) is 13.7. The molecule has 0 fully saturated rings. The van der Waals surface area contributed by atoms with Gasteiger partial charge in [-0.3, -0.25) is 0 Å². The Morgan fingerprint density at radius 3 is 0.599 bits per heavy atom. The molecule has 0 N–H and O–H groups in total. The lowest BCUT2D eigenvalue weighted by atomic mass is 9.82. The quantitative estimate of drug-likeness (QED) is 0.122. The Bertz CT molecular complexity index is 9640. The van der Waals surface area contributed by atoms with Gasteiger partial charge in [0, 0.05) is 132 Å². The molecular weight excluding hydrogens is 1780 g/mol. The van der Waals surface area contributed by atoms with Crippen molar-refractivity contribution in [3.63, 3.8) is 0 Å². The minimum Gasteiger partial charge on any atom is -0.309 e. The molecule has 7 heterocycles. The van der Waals surface area contributed by atoms with Gasteiger partial charge < -0.3 is 27.4 Å². The fourth-order valence-corrected chi connectivity index (χ4v) is 26.1. The second-order valence-electron chi connectivity index (χ2n) is 42.2. The Morgan fingerprint density at radius 1 is 0.136 bits per heavy atom. The van der Waals surface area contributed by atoms with Gasteiger partial charge in [0.1, 0.15) is 0 Å². The number of benzene rings is 21. The number of para-hydroxylation sites is 6. The molecule has 0 bridgehead atoms. The van der Waals surface area contributed by atoms with Crippen LogP contribution in [0.1, 0.15) is 74.9 Å². The lowest BCUT2D eigenvalue weighted by Crippen LogP contribution is -2.15. The third-order valence-electron chi connectivity index (χ3n) is 33.3. The number of rotatable bonds is 12. The summed E-state index contributed by atoms with van der Waals surface area (Å²) in [4.78, 5) is 16.5. The topological polar surface area (TPSA) is 68.2 Å². The van der Waals surface area contributed by atoms with Gasteiger partial charge in [0.25, 0.3) is 0 Å². The fourth-order valence-electron chi connectivity index (χ4n) is 26.1. The molecule has 0 saturated carbocycles. The molecule has 0 aliphatic heterocycles. The van der Waals surface area contributed by atoms with Gasteiger partial charge in [-0.15, -0.1) is 0 Å². The Kier molecular flexibility index (Phi) is 17.4. The molecule has 9 nitrogen and oxygen atoms in total. The molecule has 7 aromatic heterocycles. The first kappa shape index (κ1) is 83.1. The summed E-state index contributed by atoms with van der Waals surface area (Å²) in [5.41, 5.74) is 45.6. The minimum atomic E-state index is -0.135. The van der Waals surface area contributed by atoms with E-state index in [1.54, 1.807) is 0 Å². The van der Waals surface area contributed by atoms with E-state index in [0.717, 1.165) is 117 Å². The molecule has 690 valence electrons. The van der Waals surface area contributed by atoms with Gasteiger partial charge in [-0.25, -0.2) is 15.0 Å². The summed E-state index contributed by atoms with van der Waals surface area (Å²) < 4.78 is 14.6. The smallest absolute Gasteiger partial charge is 0.164 e. The number of aromatic nitrogens is 9. The standard InChI is InChI=1S/C138H93N9/c1-136(2)115-34-16-7-25-97(115)100-67-61-94(79-118(100)136)145-121-37-19-10-28-103(121)109-64-49-88(76-130(109)145)85-52-70-127-112(73-85)106-31-13-22-40-124(106)142(127)91-55-43-82(44-56-91)133-139-134(83-45-57-92(58-46-83)143-125-41-23-14-32-107(125)113-74-86(53-71-128(113)143)89-50-65-110-104-29-11-20-38-122(104)146(131(110)77-89)95-62-68-101-98-26-8-17-35-116(98)137(3,4)119(101)80-95)141-135(140-133)84-47-59-93(60-48-84)144-126-42-24-15-33-108(126)114-75-87(54-72-129(114)144)90-51-66-111-105-30-12-21-39-123(105)147(132(111)78-90)96-63-69-102-99-27-9-18-36-117(99)138(5,6)120(102)81-96/h7-81H,1-6H3. The Morgan fingerprint density at radius 2 is 0.327 bits per heavy atom. The first-order chi connectivity index (χ1) is 72.1. The zero-order chi connectivity index (χ0) is 97.3. The van der Waals surface area contributed by atoms with Crippen LogP contribution in [0.25, 0.3) is 266 Å². The molecule has 0 saturated heterocycles. The SMILES string of the molecule is CC1(C)c2ccccc2-c2ccc(-n3c4ccccc4c4ccc(-c5ccc6c(c5)c5ccccc5n6-c5ccc(-c6nc(-c7ccc(-n8c9ccccc9c9cc(-c%10ccc%11c%12ccccc%12n(-c%12ccc%13c(c%12)C(C)(C)c%12ccccc%12-%13)c%11c%10)ccc98)cc7)nc(-c7ccc(-n8c9ccccc9c9cc(-c%10ccc%11c%12ccccc%12n(-c%12ccc%13c(c%12)C(C)(C)c%12ccccc%12-%13)c%11c%10)ccc98)cc7)n6)cc5)cc43)cc21. The highest BCUT2D eigenvalue weighted by Crippen LogP contribution is 2.55. The van der Waals surface area contributed by atoms with Crippen molar-refractivity contribution in [1.82, 2.24) is 42.4 Å². The van der Waals surface area contributed by atoms with Crippen molar-refractivity contribution in [3.8, 4) is 135 Å². The number of hydrogen-bond acceptors (Lipinski definition) is 3. The zero-order valence-corrected chi connectivity index (χ0v) is 81.8. The molecule has 0 amide bonds. The van der Waals surface area contributed by atoms with Crippen LogP contribution in [0.5, 0.6) is 0 Å². The van der Waals surface area contributed by atoms with Crippen molar-refractivity contribution in [2.24, 2.45) is 0 Å². The minimum absolute atomic E-state index is 0.135.